The van der Waals surface area contributed by atoms with Gasteiger partial charge in [-0.1, -0.05) is 23.7 Å². The molecule has 0 aliphatic heterocycles. The number of amides is 1. The van der Waals surface area contributed by atoms with Gasteiger partial charge in [0.05, 0.1) is 14.2 Å². The van der Waals surface area contributed by atoms with Crippen LogP contribution in [0.25, 0.3) is 0 Å². The normalized spacial score (nSPS) is 12.6. The van der Waals surface area contributed by atoms with E-state index in [1.165, 1.54) is 14.2 Å². The Morgan fingerprint density at radius 2 is 1.66 bits per heavy atom. The zero-order valence-corrected chi connectivity index (χ0v) is 17.4. The number of hydrogen-bond donors (Lipinski definition) is 2. The van der Waals surface area contributed by atoms with Gasteiger partial charge < -0.3 is 24.6 Å². The molecule has 7 nitrogen and oxygen atoms in total. The monoisotopic (exact) mass is 421 g/mol. The van der Waals surface area contributed by atoms with Gasteiger partial charge in [-0.2, -0.15) is 0 Å². The Morgan fingerprint density at radius 3 is 2.17 bits per heavy atom. The Morgan fingerprint density at radius 1 is 1.07 bits per heavy atom. The van der Waals surface area contributed by atoms with Gasteiger partial charge in [-0.15, -0.1) is 0 Å². The number of carbonyl (C=O) groups is 2. The van der Waals surface area contributed by atoms with Gasteiger partial charge in [0.15, 0.2) is 12.6 Å². The minimum absolute atomic E-state index is 0.344. The molecule has 8 heteroatoms. The van der Waals surface area contributed by atoms with Crippen molar-refractivity contribution in [1.82, 2.24) is 5.32 Å². The Balaban J connectivity index is 2.07. The van der Waals surface area contributed by atoms with Crippen LogP contribution in [0.3, 0.4) is 0 Å². The number of methoxy groups -OCH3 is 2. The van der Waals surface area contributed by atoms with Crippen molar-refractivity contribution in [3.8, 4) is 11.5 Å². The quantitative estimate of drug-likeness (QED) is 0.636. The van der Waals surface area contributed by atoms with Crippen LogP contribution in [0, 0.1) is 13.8 Å². The van der Waals surface area contributed by atoms with E-state index in [-0.39, 0.29) is 6.61 Å². The highest BCUT2D eigenvalue weighted by Gasteiger charge is 2.30. The molecule has 156 valence electrons. The van der Waals surface area contributed by atoms with Crippen LogP contribution in [-0.2, 0) is 14.3 Å². The molecule has 29 heavy (non-hydrogen) atoms. The third-order valence-electron chi connectivity index (χ3n) is 4.32. The highest BCUT2D eigenvalue weighted by molar-refractivity contribution is 6.32. The van der Waals surface area contributed by atoms with Crippen LogP contribution in [0.15, 0.2) is 36.4 Å². The zero-order chi connectivity index (χ0) is 21.6. The number of rotatable bonds is 8. The van der Waals surface area contributed by atoms with Crippen LogP contribution in [0.1, 0.15) is 22.8 Å². The van der Waals surface area contributed by atoms with Crippen molar-refractivity contribution in [2.45, 2.75) is 26.0 Å². The summed E-state index contributed by atoms with van der Waals surface area (Å²) in [5.41, 5.74) is 2.07. The third-order valence-corrected chi connectivity index (χ3v) is 4.92. The molecule has 0 saturated carbocycles. The van der Waals surface area contributed by atoms with E-state index in [9.17, 15) is 14.7 Å². The first kappa shape index (κ1) is 22.5. The maximum atomic E-state index is 12.3. The first-order chi connectivity index (χ1) is 13.8. The predicted molar refractivity (Wildman–Crippen MR) is 108 cm³/mol. The molecule has 2 aromatic rings. The summed E-state index contributed by atoms with van der Waals surface area (Å²) < 4.78 is 15.3. The van der Waals surface area contributed by atoms with Gasteiger partial charge in [-0.3, -0.25) is 4.79 Å². The number of hydrogen-bond acceptors (Lipinski definition) is 6. The number of aryl methyl sites for hydroxylation is 2. The number of benzene rings is 2. The van der Waals surface area contributed by atoms with Gasteiger partial charge in [0.1, 0.15) is 17.6 Å². The summed E-state index contributed by atoms with van der Waals surface area (Å²) in [5.74, 6) is -0.288. The third kappa shape index (κ3) is 5.85. The predicted octanol–water partition coefficient (Wildman–Crippen LogP) is 2.74. The second-order valence-corrected chi connectivity index (χ2v) is 6.82. The smallest absolute Gasteiger partial charge is 0.331 e. The fourth-order valence-corrected chi connectivity index (χ4v) is 2.85. The first-order valence-corrected chi connectivity index (χ1v) is 9.23. The summed E-state index contributed by atoms with van der Waals surface area (Å²) in [6.45, 7) is 3.32. The Kier molecular flexibility index (Phi) is 7.87. The Bertz CT molecular complexity index is 845. The molecule has 2 aromatic carbocycles. The van der Waals surface area contributed by atoms with E-state index >= 15 is 0 Å². The van der Waals surface area contributed by atoms with Gasteiger partial charge in [-0.05, 0) is 54.8 Å². The van der Waals surface area contributed by atoms with Crippen LogP contribution in [0.2, 0.25) is 5.02 Å². The van der Waals surface area contributed by atoms with Crippen LogP contribution in [0.5, 0.6) is 11.5 Å². The summed E-state index contributed by atoms with van der Waals surface area (Å²) in [7, 11) is 2.70. The van der Waals surface area contributed by atoms with Gasteiger partial charge in [0.2, 0.25) is 0 Å². The van der Waals surface area contributed by atoms with Crippen molar-refractivity contribution in [3.63, 3.8) is 0 Å². The summed E-state index contributed by atoms with van der Waals surface area (Å²) in [4.78, 5) is 24.4. The van der Waals surface area contributed by atoms with Crippen LogP contribution >= 0.6 is 11.6 Å². The molecule has 1 amide bonds. The Labute approximate surface area is 174 Å². The molecule has 0 heterocycles. The van der Waals surface area contributed by atoms with Crippen molar-refractivity contribution < 1.29 is 28.9 Å². The largest absolute Gasteiger partial charge is 0.497 e. The lowest BCUT2D eigenvalue weighted by Crippen LogP contribution is -2.47. The van der Waals surface area contributed by atoms with Crippen LogP contribution < -0.4 is 14.8 Å². The van der Waals surface area contributed by atoms with Crippen molar-refractivity contribution in [2.75, 3.05) is 20.8 Å². The minimum Gasteiger partial charge on any atom is -0.497 e. The molecular weight excluding hydrogens is 398 g/mol. The molecule has 0 spiro atoms. The summed E-state index contributed by atoms with van der Waals surface area (Å²) in [5, 5.41) is 13.7. The van der Waals surface area contributed by atoms with E-state index < -0.39 is 24.0 Å². The highest BCUT2D eigenvalue weighted by Crippen LogP contribution is 2.26. The van der Waals surface area contributed by atoms with Gasteiger partial charge >= 0.3 is 5.97 Å². The van der Waals surface area contributed by atoms with Crippen LogP contribution in [0.4, 0.5) is 0 Å². The molecule has 0 fully saturated rings. The van der Waals surface area contributed by atoms with E-state index in [1.807, 2.05) is 13.8 Å². The minimum atomic E-state index is -1.31. The van der Waals surface area contributed by atoms with Crippen molar-refractivity contribution in [1.29, 1.82) is 0 Å². The fourth-order valence-electron chi connectivity index (χ4n) is 2.74. The molecule has 0 aromatic heterocycles. The first-order valence-electron chi connectivity index (χ1n) is 8.85. The van der Waals surface area contributed by atoms with Gasteiger partial charge in [0, 0.05) is 5.02 Å². The standard InChI is InChI=1S/C21H24ClNO6/c1-12-9-16(10-13(2)18(12)22)29-11-17(24)23-19(21(26)28-4)20(25)14-5-7-15(27-3)8-6-14/h5-10,19-20,25H,11H2,1-4H3,(H,23,24). The number of esters is 1. The number of nitrogens with one attached hydrogen (secondary N) is 1. The molecular formula is C21H24ClNO6. The van der Waals surface area contributed by atoms with E-state index in [2.05, 4.69) is 5.32 Å². The topological polar surface area (TPSA) is 94.1 Å². The average molecular weight is 422 g/mol. The van der Waals surface area contributed by atoms with E-state index in [1.54, 1.807) is 36.4 Å². The van der Waals surface area contributed by atoms with Gasteiger partial charge in [-0.25, -0.2) is 4.79 Å². The maximum absolute atomic E-state index is 12.3. The molecule has 0 radical (unpaired) electrons. The number of aliphatic hydroxyl groups is 1. The SMILES string of the molecule is COC(=O)C(NC(=O)COc1cc(C)c(Cl)c(C)c1)C(O)c1ccc(OC)cc1. The molecule has 2 N–H and O–H groups in total. The molecule has 2 atom stereocenters. The fraction of sp³-hybridized carbons (Fsp3) is 0.333. The lowest BCUT2D eigenvalue weighted by molar-refractivity contribution is -0.148. The summed E-state index contributed by atoms with van der Waals surface area (Å²) in [6, 6.07) is 8.62. The highest BCUT2D eigenvalue weighted by atomic mass is 35.5. The second kappa shape index (κ2) is 10.1. The molecule has 0 aliphatic rings. The van der Waals surface area contributed by atoms with E-state index in [0.29, 0.717) is 22.1 Å². The van der Waals surface area contributed by atoms with Crippen molar-refractivity contribution in [3.05, 3.63) is 58.1 Å². The van der Waals surface area contributed by atoms with Crippen molar-refractivity contribution >= 4 is 23.5 Å². The van der Waals surface area contributed by atoms with E-state index in [4.69, 9.17) is 25.8 Å². The zero-order valence-electron chi connectivity index (χ0n) is 16.7. The summed E-state index contributed by atoms with van der Waals surface area (Å²) >= 11 is 6.12. The van der Waals surface area contributed by atoms with E-state index in [0.717, 1.165) is 11.1 Å². The lowest BCUT2D eigenvalue weighted by Gasteiger charge is -2.22. The van der Waals surface area contributed by atoms with Crippen molar-refractivity contribution in [2.24, 2.45) is 0 Å². The molecule has 2 rings (SSSR count). The molecule has 0 bridgehead atoms. The number of ether oxygens (including phenoxy) is 3. The average Bonchev–Trinajstić information content (AvgIpc) is 2.73. The lowest BCUT2D eigenvalue weighted by atomic mass is 10.0. The van der Waals surface area contributed by atoms with Crippen LogP contribution in [-0.4, -0.2) is 43.9 Å². The maximum Gasteiger partial charge on any atom is 0.331 e. The second-order valence-electron chi connectivity index (χ2n) is 6.45. The van der Waals surface area contributed by atoms with Gasteiger partial charge in [0.25, 0.3) is 5.91 Å². The number of carbonyl (C=O) groups excluding carboxylic acids is 2. The summed E-state index contributed by atoms with van der Waals surface area (Å²) in [6.07, 6.45) is -1.31. The number of halogens is 1. The molecule has 0 saturated heterocycles. The number of aliphatic hydroxyl groups excluding tert-OH is 1. The Hall–Kier alpha value is -2.77. The molecule has 0 aliphatic carbocycles. The molecule has 2 unspecified atom stereocenters.